The molecule has 0 fully saturated rings. The summed E-state index contributed by atoms with van der Waals surface area (Å²) < 4.78 is 49.7. The van der Waals surface area contributed by atoms with E-state index in [1.807, 2.05) is 19.9 Å². The number of aromatic nitrogens is 1. The maximum atomic E-state index is 14.5. The highest BCUT2D eigenvalue weighted by molar-refractivity contribution is 5.99. The second kappa shape index (κ2) is 9.63. The number of amides is 1. The van der Waals surface area contributed by atoms with Crippen molar-refractivity contribution in [2.24, 2.45) is 0 Å². The molecule has 176 valence electrons. The average Bonchev–Trinajstić information content (AvgIpc) is 3.23. The van der Waals surface area contributed by atoms with Gasteiger partial charge >= 0.3 is 6.09 Å². The van der Waals surface area contributed by atoms with Crippen molar-refractivity contribution in [1.82, 2.24) is 9.47 Å². The van der Waals surface area contributed by atoms with E-state index >= 15 is 0 Å². The van der Waals surface area contributed by atoms with Gasteiger partial charge in [0.1, 0.15) is 11.6 Å². The Morgan fingerprint density at radius 2 is 1.62 bits per heavy atom. The minimum atomic E-state index is -0.870. The van der Waals surface area contributed by atoms with Gasteiger partial charge in [-0.15, -0.1) is 0 Å². The topological polar surface area (TPSA) is 34.5 Å². The quantitative estimate of drug-likeness (QED) is 0.309. The van der Waals surface area contributed by atoms with Gasteiger partial charge in [0.15, 0.2) is 11.6 Å². The molecule has 4 nitrogen and oxygen atoms in total. The molecule has 1 heterocycles. The van der Waals surface area contributed by atoms with Crippen LogP contribution >= 0.6 is 0 Å². The van der Waals surface area contributed by atoms with Gasteiger partial charge in [-0.25, -0.2) is 18.0 Å². The zero-order valence-electron chi connectivity index (χ0n) is 19.2. The van der Waals surface area contributed by atoms with Crippen molar-refractivity contribution in [1.29, 1.82) is 0 Å². The van der Waals surface area contributed by atoms with Gasteiger partial charge in [0, 0.05) is 41.3 Å². The fraction of sp³-hybridized carbons (Fsp3) is 0.222. The van der Waals surface area contributed by atoms with Gasteiger partial charge in [-0.2, -0.15) is 0 Å². The Hall–Kier alpha value is -3.74. The Bertz CT molecular complexity index is 1340. The molecular formula is C27H25F3N2O2. The van der Waals surface area contributed by atoms with Crippen LogP contribution in [0.25, 0.3) is 22.0 Å². The van der Waals surface area contributed by atoms with Crippen LogP contribution in [0.4, 0.5) is 18.0 Å². The smallest absolute Gasteiger partial charge is 0.410 e. The van der Waals surface area contributed by atoms with Crippen LogP contribution in [0.1, 0.15) is 25.0 Å². The fourth-order valence-corrected chi connectivity index (χ4v) is 4.02. The Morgan fingerprint density at radius 1 is 0.912 bits per heavy atom. The molecule has 3 aromatic carbocycles. The summed E-state index contributed by atoms with van der Waals surface area (Å²) in [7, 11) is 0. The standard InChI is InChI=1S/C27H25F3N2O2/c1-4-31(5-2)27(33)34-23-13-12-22-21(24(23)18-8-10-20(28)11-9-18)14-15-32(22)16-19-7-6-17(3)25(29)26(19)30/h6-15H,4-5,16H2,1-3H3. The second-order valence-electron chi connectivity index (χ2n) is 8.03. The van der Waals surface area contributed by atoms with Gasteiger partial charge in [-0.1, -0.05) is 24.3 Å². The van der Waals surface area contributed by atoms with Gasteiger partial charge in [-0.3, -0.25) is 0 Å². The Balaban J connectivity index is 1.82. The van der Waals surface area contributed by atoms with Crippen molar-refractivity contribution in [3.05, 3.63) is 89.4 Å². The van der Waals surface area contributed by atoms with Gasteiger partial charge < -0.3 is 14.2 Å². The number of halogens is 3. The molecule has 4 aromatic rings. The molecule has 7 heteroatoms. The van der Waals surface area contributed by atoms with Crippen molar-refractivity contribution in [3.8, 4) is 16.9 Å². The molecule has 0 spiro atoms. The molecule has 0 atom stereocenters. The van der Waals surface area contributed by atoms with Crippen LogP contribution in [0.15, 0.2) is 60.8 Å². The van der Waals surface area contributed by atoms with E-state index in [1.54, 1.807) is 52.1 Å². The number of rotatable bonds is 6. The fourth-order valence-electron chi connectivity index (χ4n) is 4.02. The van der Waals surface area contributed by atoms with Crippen LogP contribution in [0.2, 0.25) is 0 Å². The van der Waals surface area contributed by atoms with E-state index < -0.39 is 17.7 Å². The first-order valence-electron chi connectivity index (χ1n) is 11.1. The molecule has 0 N–H and O–H groups in total. The molecule has 34 heavy (non-hydrogen) atoms. The third-order valence-electron chi connectivity index (χ3n) is 5.96. The molecule has 0 aliphatic rings. The third-order valence-corrected chi connectivity index (χ3v) is 5.96. The van der Waals surface area contributed by atoms with E-state index in [0.29, 0.717) is 30.0 Å². The van der Waals surface area contributed by atoms with E-state index in [1.165, 1.54) is 19.1 Å². The Morgan fingerprint density at radius 3 is 2.29 bits per heavy atom. The van der Waals surface area contributed by atoms with Crippen LogP contribution in [-0.4, -0.2) is 28.6 Å². The van der Waals surface area contributed by atoms with Crippen LogP contribution in [-0.2, 0) is 6.54 Å². The van der Waals surface area contributed by atoms with Gasteiger partial charge in [-0.05, 0) is 62.2 Å². The number of hydrogen-bond donors (Lipinski definition) is 0. The number of hydrogen-bond acceptors (Lipinski definition) is 2. The lowest BCUT2D eigenvalue weighted by Crippen LogP contribution is -2.33. The monoisotopic (exact) mass is 466 g/mol. The first kappa shape index (κ1) is 23.4. The number of nitrogens with zero attached hydrogens (tertiary/aromatic N) is 2. The predicted octanol–water partition coefficient (Wildman–Crippen LogP) is 6.92. The van der Waals surface area contributed by atoms with E-state index in [-0.39, 0.29) is 23.5 Å². The summed E-state index contributed by atoms with van der Waals surface area (Å²) in [4.78, 5) is 14.2. The van der Waals surface area contributed by atoms with E-state index in [0.717, 1.165) is 10.9 Å². The molecule has 0 saturated heterocycles. The molecule has 0 radical (unpaired) electrons. The zero-order valence-corrected chi connectivity index (χ0v) is 19.2. The molecule has 0 aliphatic heterocycles. The van der Waals surface area contributed by atoms with E-state index in [9.17, 15) is 18.0 Å². The zero-order chi connectivity index (χ0) is 24.4. The van der Waals surface area contributed by atoms with Crippen molar-refractivity contribution in [2.45, 2.75) is 27.3 Å². The summed E-state index contributed by atoms with van der Waals surface area (Å²) in [5, 5.41) is 0.740. The largest absolute Gasteiger partial charge is 0.415 e. The third kappa shape index (κ3) is 4.38. The van der Waals surface area contributed by atoms with Crippen molar-refractivity contribution < 1.29 is 22.7 Å². The first-order valence-corrected chi connectivity index (χ1v) is 11.1. The molecule has 1 aromatic heterocycles. The van der Waals surface area contributed by atoms with Crippen molar-refractivity contribution in [3.63, 3.8) is 0 Å². The maximum Gasteiger partial charge on any atom is 0.415 e. The predicted molar refractivity (Wildman–Crippen MR) is 126 cm³/mol. The lowest BCUT2D eigenvalue weighted by Gasteiger charge is -2.20. The molecule has 1 amide bonds. The summed E-state index contributed by atoms with van der Waals surface area (Å²) in [6.07, 6.45) is 1.29. The average molecular weight is 467 g/mol. The lowest BCUT2D eigenvalue weighted by molar-refractivity contribution is 0.157. The lowest BCUT2D eigenvalue weighted by atomic mass is 10.0. The summed E-state index contributed by atoms with van der Waals surface area (Å²) in [5.74, 6) is -1.77. The minimum absolute atomic E-state index is 0.119. The Kier molecular flexibility index (Phi) is 6.63. The van der Waals surface area contributed by atoms with Crippen LogP contribution < -0.4 is 4.74 Å². The Labute approximate surface area is 196 Å². The normalized spacial score (nSPS) is 11.1. The SMILES string of the molecule is CCN(CC)C(=O)Oc1ccc2c(ccn2Cc2ccc(C)c(F)c2F)c1-c1ccc(F)cc1. The van der Waals surface area contributed by atoms with Crippen LogP contribution in [0.5, 0.6) is 5.75 Å². The molecule has 0 saturated carbocycles. The summed E-state index contributed by atoms with van der Waals surface area (Å²) >= 11 is 0. The van der Waals surface area contributed by atoms with Gasteiger partial charge in [0.05, 0.1) is 6.54 Å². The summed E-state index contributed by atoms with van der Waals surface area (Å²) in [6.45, 7) is 6.36. The number of carbonyl (C=O) groups excluding carboxylic acids is 1. The molecule has 4 rings (SSSR count). The van der Waals surface area contributed by atoms with Crippen molar-refractivity contribution in [2.75, 3.05) is 13.1 Å². The highest BCUT2D eigenvalue weighted by Gasteiger charge is 2.20. The van der Waals surface area contributed by atoms with Gasteiger partial charge in [0.25, 0.3) is 0 Å². The summed E-state index contributed by atoms with van der Waals surface area (Å²) in [5.41, 5.74) is 2.49. The van der Waals surface area contributed by atoms with Crippen LogP contribution in [0, 0.1) is 24.4 Å². The first-order chi connectivity index (χ1) is 16.3. The number of ether oxygens (including phenoxy) is 1. The molecule has 0 bridgehead atoms. The molecule has 0 aliphatic carbocycles. The number of carbonyl (C=O) groups is 1. The highest BCUT2D eigenvalue weighted by atomic mass is 19.2. The number of fused-ring (bicyclic) bond motifs is 1. The number of aryl methyl sites for hydroxylation is 1. The highest BCUT2D eigenvalue weighted by Crippen LogP contribution is 2.38. The minimum Gasteiger partial charge on any atom is -0.410 e. The maximum absolute atomic E-state index is 14.5. The van der Waals surface area contributed by atoms with E-state index in [2.05, 4.69) is 0 Å². The molecule has 0 unspecified atom stereocenters. The van der Waals surface area contributed by atoms with Gasteiger partial charge in [0.2, 0.25) is 0 Å². The second-order valence-corrected chi connectivity index (χ2v) is 8.03. The summed E-state index contributed by atoms with van der Waals surface area (Å²) in [6, 6.07) is 14.3. The molecular weight excluding hydrogens is 441 g/mol. The van der Waals surface area contributed by atoms with Crippen LogP contribution in [0.3, 0.4) is 0 Å². The number of benzene rings is 3. The van der Waals surface area contributed by atoms with Crippen molar-refractivity contribution >= 4 is 17.0 Å². The van der Waals surface area contributed by atoms with E-state index in [4.69, 9.17) is 4.74 Å².